The lowest BCUT2D eigenvalue weighted by atomic mass is 10.1. The van der Waals surface area contributed by atoms with Crippen molar-refractivity contribution in [2.75, 3.05) is 19.5 Å². The van der Waals surface area contributed by atoms with Crippen molar-refractivity contribution >= 4 is 29.7 Å². The van der Waals surface area contributed by atoms with Crippen LogP contribution in [0.1, 0.15) is 21.5 Å². The molecule has 0 saturated carbocycles. The number of rotatable bonds is 7. The maximum atomic E-state index is 12.5. The van der Waals surface area contributed by atoms with Gasteiger partial charge < -0.3 is 19.5 Å². The number of anilines is 1. The fraction of sp³-hybridized carbons (Fsp3) is 0.120. The van der Waals surface area contributed by atoms with E-state index < -0.39 is 17.8 Å². The molecule has 2 N–H and O–H groups in total. The molecule has 0 saturated heterocycles. The zero-order valence-electron chi connectivity index (χ0n) is 18.8. The maximum Gasteiger partial charge on any atom is 0.343 e. The smallest absolute Gasteiger partial charge is 0.343 e. The molecule has 2 amide bonds. The van der Waals surface area contributed by atoms with Crippen molar-refractivity contribution in [1.82, 2.24) is 5.43 Å². The van der Waals surface area contributed by atoms with Gasteiger partial charge in [-0.05, 0) is 43.3 Å². The second-order valence-electron chi connectivity index (χ2n) is 7.02. The highest BCUT2D eigenvalue weighted by Crippen LogP contribution is 2.28. The largest absolute Gasteiger partial charge is 0.497 e. The van der Waals surface area contributed by atoms with Crippen LogP contribution in [0.5, 0.6) is 17.2 Å². The number of carbonyl (C=O) groups is 3. The van der Waals surface area contributed by atoms with Crippen molar-refractivity contribution in [3.8, 4) is 17.2 Å². The minimum atomic E-state index is -1.00. The van der Waals surface area contributed by atoms with Crippen LogP contribution in [0.3, 0.4) is 0 Å². The van der Waals surface area contributed by atoms with Crippen LogP contribution in [0, 0.1) is 6.92 Å². The molecule has 9 heteroatoms. The van der Waals surface area contributed by atoms with E-state index >= 15 is 0 Å². The van der Waals surface area contributed by atoms with Gasteiger partial charge >= 0.3 is 17.8 Å². The zero-order valence-corrected chi connectivity index (χ0v) is 18.8. The van der Waals surface area contributed by atoms with Gasteiger partial charge in [0.25, 0.3) is 0 Å². The molecule has 3 aromatic rings. The molecular weight excluding hydrogens is 438 g/mol. The average molecular weight is 461 g/mol. The Morgan fingerprint density at radius 1 is 0.853 bits per heavy atom. The molecule has 0 aliphatic carbocycles. The van der Waals surface area contributed by atoms with Gasteiger partial charge in [0.15, 0.2) is 0 Å². The minimum Gasteiger partial charge on any atom is -0.497 e. The predicted octanol–water partition coefficient (Wildman–Crippen LogP) is 3.32. The molecule has 0 aromatic heterocycles. The predicted molar refractivity (Wildman–Crippen MR) is 126 cm³/mol. The number of carbonyl (C=O) groups excluding carboxylic acids is 3. The van der Waals surface area contributed by atoms with Crippen molar-refractivity contribution in [2.45, 2.75) is 6.92 Å². The monoisotopic (exact) mass is 461 g/mol. The van der Waals surface area contributed by atoms with Crippen LogP contribution >= 0.6 is 0 Å². The first-order valence-electron chi connectivity index (χ1n) is 10.2. The third-order valence-corrected chi connectivity index (χ3v) is 4.61. The van der Waals surface area contributed by atoms with Crippen LogP contribution < -0.4 is 25.0 Å². The normalized spacial score (nSPS) is 10.4. The number of hydrogen-bond acceptors (Lipinski definition) is 7. The summed E-state index contributed by atoms with van der Waals surface area (Å²) in [7, 11) is 2.91. The van der Waals surface area contributed by atoms with Gasteiger partial charge in [0.2, 0.25) is 0 Å². The van der Waals surface area contributed by atoms with Crippen LogP contribution in [0.25, 0.3) is 0 Å². The number of amides is 2. The fourth-order valence-electron chi connectivity index (χ4n) is 2.91. The van der Waals surface area contributed by atoms with E-state index in [4.69, 9.17) is 14.2 Å². The Morgan fingerprint density at radius 2 is 1.65 bits per heavy atom. The summed E-state index contributed by atoms with van der Waals surface area (Å²) in [5, 5.41) is 6.25. The highest BCUT2D eigenvalue weighted by Gasteiger charge is 2.16. The molecule has 0 unspecified atom stereocenters. The van der Waals surface area contributed by atoms with E-state index in [2.05, 4.69) is 15.8 Å². The number of nitrogens with zero attached hydrogens (tertiary/aromatic N) is 1. The molecule has 0 atom stereocenters. The van der Waals surface area contributed by atoms with Gasteiger partial charge in [-0.25, -0.2) is 10.2 Å². The lowest BCUT2D eigenvalue weighted by molar-refractivity contribution is -0.136. The number of methoxy groups -OCH3 is 2. The molecular formula is C25H23N3O6. The molecule has 0 bridgehead atoms. The van der Waals surface area contributed by atoms with Crippen LogP contribution in [0.4, 0.5) is 5.69 Å². The first-order chi connectivity index (χ1) is 16.4. The second-order valence-corrected chi connectivity index (χ2v) is 7.02. The average Bonchev–Trinajstić information content (AvgIpc) is 2.84. The van der Waals surface area contributed by atoms with E-state index in [-0.39, 0.29) is 11.4 Å². The topological polar surface area (TPSA) is 115 Å². The summed E-state index contributed by atoms with van der Waals surface area (Å²) in [5.74, 6) is -1.41. The Labute approximate surface area is 196 Å². The molecule has 34 heavy (non-hydrogen) atoms. The summed E-state index contributed by atoms with van der Waals surface area (Å²) in [6.07, 6.45) is 1.27. The molecule has 0 radical (unpaired) electrons. The quantitative estimate of drug-likeness (QED) is 0.183. The van der Waals surface area contributed by atoms with Gasteiger partial charge in [-0.1, -0.05) is 29.8 Å². The summed E-state index contributed by atoms with van der Waals surface area (Å²) in [6.45, 7) is 1.88. The van der Waals surface area contributed by atoms with Crippen LogP contribution in [0.15, 0.2) is 71.8 Å². The van der Waals surface area contributed by atoms with Crippen LogP contribution in [-0.2, 0) is 9.59 Å². The molecule has 174 valence electrons. The first-order valence-corrected chi connectivity index (χ1v) is 10.2. The van der Waals surface area contributed by atoms with Gasteiger partial charge in [0.1, 0.15) is 17.2 Å². The van der Waals surface area contributed by atoms with E-state index in [9.17, 15) is 14.4 Å². The highest BCUT2D eigenvalue weighted by molar-refractivity contribution is 6.39. The van der Waals surface area contributed by atoms with Gasteiger partial charge in [-0.3, -0.25) is 9.59 Å². The SMILES string of the molecule is COc1ccc(OC)c(NC(=O)C(=O)NN=Cc2ccccc2OC(=O)c2cccc(C)c2)c1. The minimum absolute atomic E-state index is 0.248. The molecule has 0 aliphatic heterocycles. The van der Waals surface area contributed by atoms with Gasteiger partial charge in [0, 0.05) is 11.6 Å². The number of hydrogen-bond donors (Lipinski definition) is 2. The second kappa shape index (κ2) is 11.3. The Balaban J connectivity index is 1.65. The van der Waals surface area contributed by atoms with Crippen molar-refractivity contribution in [1.29, 1.82) is 0 Å². The van der Waals surface area contributed by atoms with E-state index in [1.165, 1.54) is 26.5 Å². The number of ether oxygens (including phenoxy) is 3. The molecule has 0 spiro atoms. The Kier molecular flexibility index (Phi) is 7.96. The Morgan fingerprint density at radius 3 is 2.38 bits per heavy atom. The maximum absolute atomic E-state index is 12.5. The summed E-state index contributed by atoms with van der Waals surface area (Å²) >= 11 is 0. The number of aryl methyl sites for hydroxylation is 1. The first kappa shape index (κ1) is 24.0. The highest BCUT2D eigenvalue weighted by atomic mass is 16.5. The third kappa shape index (κ3) is 6.19. The van der Waals surface area contributed by atoms with E-state index in [0.29, 0.717) is 22.6 Å². The Hall–Kier alpha value is -4.66. The molecule has 3 rings (SSSR count). The van der Waals surface area contributed by atoms with Gasteiger partial charge in [0.05, 0.1) is 31.7 Å². The zero-order chi connectivity index (χ0) is 24.5. The van der Waals surface area contributed by atoms with E-state index in [0.717, 1.165) is 5.56 Å². The standard InChI is InChI=1S/C25H23N3O6/c1-16-7-6-9-17(13-16)25(31)34-21-10-5-4-8-18(21)15-26-28-24(30)23(29)27-20-14-19(32-2)11-12-22(20)33-3/h4-15H,1-3H3,(H,27,29)(H,28,30). The third-order valence-electron chi connectivity index (χ3n) is 4.61. The Bertz CT molecular complexity index is 1240. The fourth-order valence-corrected chi connectivity index (χ4v) is 2.91. The summed E-state index contributed by atoms with van der Waals surface area (Å²) in [4.78, 5) is 36.9. The van der Waals surface area contributed by atoms with Crippen molar-refractivity contribution in [2.24, 2.45) is 5.10 Å². The van der Waals surface area contributed by atoms with Crippen LogP contribution in [0.2, 0.25) is 0 Å². The number of esters is 1. The lowest BCUT2D eigenvalue weighted by Gasteiger charge is -2.11. The van der Waals surface area contributed by atoms with E-state index in [1.807, 2.05) is 13.0 Å². The molecule has 0 fully saturated rings. The molecule has 9 nitrogen and oxygen atoms in total. The van der Waals surface area contributed by atoms with Crippen molar-refractivity contribution < 1.29 is 28.6 Å². The summed E-state index contributed by atoms with van der Waals surface area (Å²) < 4.78 is 15.8. The number of benzene rings is 3. The summed E-state index contributed by atoms with van der Waals surface area (Å²) in [5.41, 5.74) is 4.17. The number of hydrazone groups is 1. The molecule has 0 aliphatic rings. The van der Waals surface area contributed by atoms with Gasteiger partial charge in [-0.15, -0.1) is 0 Å². The van der Waals surface area contributed by atoms with Crippen molar-refractivity contribution in [3.63, 3.8) is 0 Å². The van der Waals surface area contributed by atoms with Gasteiger partial charge in [-0.2, -0.15) is 5.10 Å². The van der Waals surface area contributed by atoms with Crippen LogP contribution in [-0.4, -0.2) is 38.2 Å². The van der Waals surface area contributed by atoms with E-state index in [1.54, 1.807) is 54.6 Å². The van der Waals surface area contributed by atoms with Crippen molar-refractivity contribution in [3.05, 3.63) is 83.4 Å². The number of nitrogens with one attached hydrogen (secondary N) is 2. The lowest BCUT2D eigenvalue weighted by Crippen LogP contribution is -2.32. The summed E-state index contributed by atoms with van der Waals surface area (Å²) in [6, 6.07) is 18.4. The molecule has 3 aromatic carbocycles. The molecule has 0 heterocycles. The number of para-hydroxylation sites is 1.